The zero-order valence-electron chi connectivity index (χ0n) is 14.1. The first-order valence-corrected chi connectivity index (χ1v) is 8.90. The molecule has 0 spiro atoms. The number of nitrogens with one attached hydrogen (secondary N) is 1. The van der Waals surface area contributed by atoms with Gasteiger partial charge in [0.2, 0.25) is 0 Å². The molecule has 1 N–H and O–H groups in total. The van der Waals surface area contributed by atoms with Crippen LogP contribution in [0.5, 0.6) is 0 Å². The number of anilines is 1. The van der Waals surface area contributed by atoms with Crippen LogP contribution in [0.2, 0.25) is 5.02 Å². The van der Waals surface area contributed by atoms with Gasteiger partial charge in [-0.2, -0.15) is 0 Å². The Morgan fingerprint density at radius 1 is 1.15 bits per heavy atom. The number of methoxy groups -OCH3 is 1. The van der Waals surface area contributed by atoms with Crippen molar-refractivity contribution >= 4 is 40.5 Å². The lowest BCUT2D eigenvalue weighted by Crippen LogP contribution is -2.11. The van der Waals surface area contributed by atoms with E-state index in [2.05, 4.69) is 15.0 Å². The first kappa shape index (κ1) is 18.1. The van der Waals surface area contributed by atoms with E-state index in [0.29, 0.717) is 26.8 Å². The Bertz CT molecular complexity index is 967. The molecule has 0 aliphatic heterocycles. The molecule has 0 unspecified atom stereocenters. The average Bonchev–Trinajstić information content (AvgIpc) is 3.03. The molecular formula is C19H15ClN2O3S. The summed E-state index contributed by atoms with van der Waals surface area (Å²) < 4.78 is 4.65. The van der Waals surface area contributed by atoms with E-state index in [9.17, 15) is 9.59 Å². The maximum absolute atomic E-state index is 12.6. The van der Waals surface area contributed by atoms with E-state index in [1.165, 1.54) is 18.4 Å². The number of carbonyl (C=O) groups is 2. The molecule has 3 rings (SSSR count). The fourth-order valence-electron chi connectivity index (χ4n) is 2.35. The number of carbonyl (C=O) groups excluding carboxylic acids is 2. The smallest absolute Gasteiger partial charge is 0.337 e. The number of halogens is 1. The molecule has 7 heteroatoms. The van der Waals surface area contributed by atoms with E-state index in [1.807, 2.05) is 18.2 Å². The van der Waals surface area contributed by atoms with Crippen LogP contribution in [-0.4, -0.2) is 24.0 Å². The average molecular weight is 387 g/mol. The van der Waals surface area contributed by atoms with Crippen molar-refractivity contribution in [3.63, 3.8) is 0 Å². The van der Waals surface area contributed by atoms with Crippen molar-refractivity contribution < 1.29 is 14.3 Å². The molecule has 1 heterocycles. The fourth-order valence-corrected chi connectivity index (χ4v) is 3.50. The van der Waals surface area contributed by atoms with Crippen molar-refractivity contribution in [2.24, 2.45) is 0 Å². The van der Waals surface area contributed by atoms with Gasteiger partial charge in [0.05, 0.1) is 18.4 Å². The molecule has 26 heavy (non-hydrogen) atoms. The van der Waals surface area contributed by atoms with Crippen LogP contribution in [0.3, 0.4) is 0 Å². The number of amides is 1. The molecule has 132 valence electrons. The molecule has 1 aromatic heterocycles. The third-order valence-corrected chi connectivity index (χ3v) is 5.08. The zero-order chi connectivity index (χ0) is 18.7. The highest BCUT2D eigenvalue weighted by molar-refractivity contribution is 7.17. The van der Waals surface area contributed by atoms with Gasteiger partial charge in [0.25, 0.3) is 5.91 Å². The van der Waals surface area contributed by atoms with E-state index >= 15 is 0 Å². The van der Waals surface area contributed by atoms with Crippen LogP contribution in [0.4, 0.5) is 5.69 Å². The summed E-state index contributed by atoms with van der Waals surface area (Å²) in [5.74, 6) is -0.675. The van der Waals surface area contributed by atoms with Crippen LogP contribution in [0.25, 0.3) is 10.6 Å². The van der Waals surface area contributed by atoms with Gasteiger partial charge in [0.1, 0.15) is 9.88 Å². The second-order valence-corrected chi connectivity index (χ2v) is 6.90. The number of benzene rings is 2. The van der Waals surface area contributed by atoms with E-state index in [4.69, 9.17) is 11.6 Å². The van der Waals surface area contributed by atoms with Crippen LogP contribution in [0, 0.1) is 6.92 Å². The summed E-state index contributed by atoms with van der Waals surface area (Å²) in [6.07, 6.45) is 0. The normalized spacial score (nSPS) is 10.4. The van der Waals surface area contributed by atoms with Gasteiger partial charge in [0, 0.05) is 16.3 Å². The Balaban J connectivity index is 1.79. The maximum Gasteiger partial charge on any atom is 0.337 e. The number of thiazole rings is 1. The molecule has 0 bridgehead atoms. The first-order valence-electron chi connectivity index (χ1n) is 7.71. The number of ether oxygens (including phenoxy) is 1. The largest absolute Gasteiger partial charge is 0.465 e. The lowest BCUT2D eigenvalue weighted by Gasteiger charge is -2.05. The van der Waals surface area contributed by atoms with Gasteiger partial charge < -0.3 is 10.1 Å². The Morgan fingerprint density at radius 3 is 2.54 bits per heavy atom. The van der Waals surface area contributed by atoms with Crippen LogP contribution in [0.15, 0.2) is 48.5 Å². The lowest BCUT2D eigenvalue weighted by molar-refractivity contribution is 0.0600. The maximum atomic E-state index is 12.6. The molecule has 0 fully saturated rings. The van der Waals surface area contributed by atoms with E-state index in [1.54, 1.807) is 37.3 Å². The van der Waals surface area contributed by atoms with Gasteiger partial charge in [-0.15, -0.1) is 11.3 Å². The zero-order valence-corrected chi connectivity index (χ0v) is 15.6. The lowest BCUT2D eigenvalue weighted by atomic mass is 10.2. The third-order valence-electron chi connectivity index (χ3n) is 3.64. The van der Waals surface area contributed by atoms with Gasteiger partial charge in [-0.25, -0.2) is 9.78 Å². The van der Waals surface area contributed by atoms with E-state index < -0.39 is 5.97 Å². The van der Waals surface area contributed by atoms with Crippen molar-refractivity contribution in [3.05, 3.63) is 69.7 Å². The summed E-state index contributed by atoms with van der Waals surface area (Å²) in [5.41, 5.74) is 2.52. The first-order chi connectivity index (χ1) is 12.5. The van der Waals surface area contributed by atoms with Crippen molar-refractivity contribution in [1.82, 2.24) is 4.98 Å². The third kappa shape index (κ3) is 3.92. The molecule has 0 atom stereocenters. The van der Waals surface area contributed by atoms with Gasteiger partial charge >= 0.3 is 5.97 Å². The van der Waals surface area contributed by atoms with Crippen molar-refractivity contribution in [2.75, 3.05) is 12.4 Å². The van der Waals surface area contributed by atoms with Gasteiger partial charge in [0.15, 0.2) is 0 Å². The molecule has 0 aliphatic carbocycles. The van der Waals surface area contributed by atoms with Crippen molar-refractivity contribution in [1.29, 1.82) is 0 Å². The quantitative estimate of drug-likeness (QED) is 0.653. The highest BCUT2D eigenvalue weighted by atomic mass is 35.5. The van der Waals surface area contributed by atoms with Crippen LogP contribution in [-0.2, 0) is 4.74 Å². The summed E-state index contributed by atoms with van der Waals surface area (Å²) in [6, 6.07) is 13.8. The number of hydrogen-bond donors (Lipinski definition) is 1. The van der Waals surface area contributed by atoms with E-state index in [0.717, 1.165) is 10.6 Å². The van der Waals surface area contributed by atoms with E-state index in [-0.39, 0.29) is 5.91 Å². The Labute approximate surface area is 159 Å². The van der Waals surface area contributed by atoms with Crippen LogP contribution >= 0.6 is 22.9 Å². The van der Waals surface area contributed by atoms with Crippen molar-refractivity contribution in [3.8, 4) is 10.6 Å². The molecule has 3 aromatic rings. The standard InChI is InChI=1S/C19H15ClN2O3S/c1-11-16(26-18(21-11)13-4-3-5-14(20)10-13)17(23)22-15-8-6-12(7-9-15)19(24)25-2/h3-10H,1-2H3,(H,22,23). The number of hydrogen-bond acceptors (Lipinski definition) is 5. The highest BCUT2D eigenvalue weighted by Gasteiger charge is 2.17. The van der Waals surface area contributed by atoms with Crippen LogP contribution < -0.4 is 5.32 Å². The molecule has 0 aliphatic rings. The number of rotatable bonds is 4. The second kappa shape index (κ2) is 7.68. The molecule has 1 amide bonds. The van der Waals surface area contributed by atoms with Gasteiger partial charge in [-0.3, -0.25) is 4.79 Å². The molecule has 0 radical (unpaired) electrons. The number of aryl methyl sites for hydroxylation is 1. The Morgan fingerprint density at radius 2 is 1.88 bits per heavy atom. The summed E-state index contributed by atoms with van der Waals surface area (Å²) in [5, 5.41) is 4.16. The summed E-state index contributed by atoms with van der Waals surface area (Å²) in [7, 11) is 1.32. The Hall–Kier alpha value is -2.70. The molecular weight excluding hydrogens is 372 g/mol. The predicted octanol–water partition coefficient (Wildman–Crippen LogP) is 4.81. The minimum atomic E-state index is -0.424. The fraction of sp³-hybridized carbons (Fsp3) is 0.105. The van der Waals surface area contributed by atoms with Gasteiger partial charge in [-0.05, 0) is 43.3 Å². The minimum Gasteiger partial charge on any atom is -0.465 e. The number of nitrogens with zero attached hydrogens (tertiary/aromatic N) is 1. The molecule has 2 aromatic carbocycles. The second-order valence-electron chi connectivity index (χ2n) is 5.47. The van der Waals surface area contributed by atoms with Gasteiger partial charge in [-0.1, -0.05) is 23.7 Å². The SMILES string of the molecule is COC(=O)c1ccc(NC(=O)c2sc(-c3cccc(Cl)c3)nc2C)cc1. The topological polar surface area (TPSA) is 68.3 Å². The molecule has 0 saturated carbocycles. The molecule has 0 saturated heterocycles. The highest BCUT2D eigenvalue weighted by Crippen LogP contribution is 2.30. The van der Waals surface area contributed by atoms with Crippen molar-refractivity contribution in [2.45, 2.75) is 6.92 Å². The summed E-state index contributed by atoms with van der Waals surface area (Å²) in [4.78, 5) is 29.0. The molecule has 5 nitrogen and oxygen atoms in total. The monoisotopic (exact) mass is 386 g/mol. The number of esters is 1. The summed E-state index contributed by atoms with van der Waals surface area (Å²) >= 11 is 7.33. The van der Waals surface area contributed by atoms with Crippen LogP contribution in [0.1, 0.15) is 25.7 Å². The number of aromatic nitrogens is 1. The summed E-state index contributed by atoms with van der Waals surface area (Å²) in [6.45, 7) is 1.79. The predicted molar refractivity (Wildman–Crippen MR) is 103 cm³/mol. The Kier molecular flexibility index (Phi) is 5.35. The minimum absolute atomic E-state index is 0.251.